The van der Waals surface area contributed by atoms with E-state index in [2.05, 4.69) is 26.6 Å². The third-order valence-electron chi connectivity index (χ3n) is 4.36. The van der Waals surface area contributed by atoms with Gasteiger partial charge in [-0.25, -0.2) is 4.98 Å². The number of anilines is 1. The van der Waals surface area contributed by atoms with E-state index in [1.165, 1.54) is 4.88 Å². The maximum atomic E-state index is 12.2. The molecule has 7 heteroatoms. The minimum atomic E-state index is 0.0601. The van der Waals surface area contributed by atoms with Gasteiger partial charge in [0.25, 0.3) is 0 Å². The number of amides is 1. The molecular weight excluding hydrogens is 354 g/mol. The van der Waals surface area contributed by atoms with Crippen LogP contribution in [0.15, 0.2) is 35.7 Å². The summed E-state index contributed by atoms with van der Waals surface area (Å²) in [5.41, 5.74) is 0.977. The summed E-state index contributed by atoms with van der Waals surface area (Å²) in [6.45, 7) is 2.18. The standard InChI is InChI=1S/C18H19N3O2S2/c1-23-13-4-5-15-16(9-13)25-18(20-15)21-10-12(11-21)17(22)19-7-6-14-3-2-8-24-14/h2-5,8-9,12H,6-7,10-11H2,1H3,(H,19,22). The molecule has 1 amide bonds. The minimum Gasteiger partial charge on any atom is -0.497 e. The molecule has 0 aliphatic carbocycles. The van der Waals surface area contributed by atoms with E-state index in [4.69, 9.17) is 4.74 Å². The predicted octanol–water partition coefficient (Wildman–Crippen LogP) is 3.16. The van der Waals surface area contributed by atoms with Gasteiger partial charge in [-0.05, 0) is 36.1 Å². The highest BCUT2D eigenvalue weighted by atomic mass is 32.1. The quantitative estimate of drug-likeness (QED) is 0.721. The van der Waals surface area contributed by atoms with Crippen molar-refractivity contribution in [3.63, 3.8) is 0 Å². The number of nitrogens with zero attached hydrogens (tertiary/aromatic N) is 2. The molecule has 1 aromatic carbocycles. The second kappa shape index (κ2) is 7.01. The molecule has 1 aliphatic heterocycles. The van der Waals surface area contributed by atoms with Gasteiger partial charge >= 0.3 is 0 Å². The van der Waals surface area contributed by atoms with Gasteiger partial charge in [-0.1, -0.05) is 17.4 Å². The van der Waals surface area contributed by atoms with Crippen LogP contribution < -0.4 is 15.0 Å². The Morgan fingerprint density at radius 2 is 2.28 bits per heavy atom. The first-order valence-corrected chi connectivity index (χ1v) is 9.92. The zero-order valence-corrected chi connectivity index (χ0v) is 15.5. The van der Waals surface area contributed by atoms with Gasteiger partial charge in [-0.15, -0.1) is 11.3 Å². The summed E-state index contributed by atoms with van der Waals surface area (Å²) in [6, 6.07) is 10.0. The van der Waals surface area contributed by atoms with Gasteiger partial charge in [-0.2, -0.15) is 0 Å². The molecule has 5 nitrogen and oxygen atoms in total. The van der Waals surface area contributed by atoms with Crippen molar-refractivity contribution >= 4 is 43.9 Å². The number of hydrogen-bond acceptors (Lipinski definition) is 6. The van der Waals surface area contributed by atoms with Crippen LogP contribution in [0.1, 0.15) is 4.88 Å². The lowest BCUT2D eigenvalue weighted by atomic mass is 10.00. The molecule has 0 unspecified atom stereocenters. The molecule has 1 saturated heterocycles. The Balaban J connectivity index is 1.30. The lowest BCUT2D eigenvalue weighted by Gasteiger charge is -2.37. The van der Waals surface area contributed by atoms with E-state index in [1.807, 2.05) is 24.3 Å². The van der Waals surface area contributed by atoms with Crippen molar-refractivity contribution in [1.82, 2.24) is 10.3 Å². The lowest BCUT2D eigenvalue weighted by Crippen LogP contribution is -2.54. The fourth-order valence-corrected chi connectivity index (χ4v) is 4.58. The largest absolute Gasteiger partial charge is 0.497 e. The van der Waals surface area contributed by atoms with Crippen molar-refractivity contribution in [3.05, 3.63) is 40.6 Å². The summed E-state index contributed by atoms with van der Waals surface area (Å²) >= 11 is 3.37. The molecule has 1 fully saturated rings. The average Bonchev–Trinajstić information content (AvgIpc) is 3.21. The number of thiophene rings is 1. The smallest absolute Gasteiger partial charge is 0.226 e. The number of ether oxygens (including phenoxy) is 1. The molecule has 0 spiro atoms. The third-order valence-corrected chi connectivity index (χ3v) is 6.37. The monoisotopic (exact) mass is 373 g/mol. The van der Waals surface area contributed by atoms with Crippen LogP contribution >= 0.6 is 22.7 Å². The number of aromatic nitrogens is 1. The first kappa shape index (κ1) is 16.4. The number of rotatable bonds is 6. The first-order valence-electron chi connectivity index (χ1n) is 8.22. The summed E-state index contributed by atoms with van der Waals surface area (Å²) in [6.07, 6.45) is 0.902. The highest BCUT2D eigenvalue weighted by Crippen LogP contribution is 2.34. The van der Waals surface area contributed by atoms with E-state index in [0.717, 1.165) is 40.6 Å². The molecule has 0 radical (unpaired) electrons. The SMILES string of the molecule is COc1ccc2nc(N3CC(C(=O)NCCc4cccs4)C3)sc2c1. The molecule has 25 heavy (non-hydrogen) atoms. The summed E-state index contributed by atoms with van der Waals surface area (Å²) in [4.78, 5) is 20.4. The molecule has 1 aliphatic rings. The van der Waals surface area contributed by atoms with Crippen molar-refractivity contribution in [3.8, 4) is 5.75 Å². The number of methoxy groups -OCH3 is 1. The molecule has 3 heterocycles. The van der Waals surface area contributed by atoms with Gasteiger partial charge in [0.15, 0.2) is 5.13 Å². The summed E-state index contributed by atoms with van der Waals surface area (Å²) in [7, 11) is 1.67. The maximum Gasteiger partial charge on any atom is 0.226 e. The average molecular weight is 374 g/mol. The number of thiazole rings is 1. The topological polar surface area (TPSA) is 54.5 Å². The van der Waals surface area contributed by atoms with Crippen LogP contribution in [0.2, 0.25) is 0 Å². The van der Waals surface area contributed by atoms with Crippen molar-refractivity contribution in [1.29, 1.82) is 0 Å². The molecule has 4 rings (SSSR count). The Morgan fingerprint density at radius 3 is 3.04 bits per heavy atom. The van der Waals surface area contributed by atoms with Crippen LogP contribution in [0.4, 0.5) is 5.13 Å². The highest BCUT2D eigenvalue weighted by molar-refractivity contribution is 7.22. The fourth-order valence-electron chi connectivity index (χ4n) is 2.86. The van der Waals surface area contributed by atoms with Crippen LogP contribution in [-0.4, -0.2) is 37.6 Å². The Bertz CT molecular complexity index is 870. The summed E-state index contributed by atoms with van der Waals surface area (Å²) in [5.74, 6) is 1.05. The van der Waals surface area contributed by atoms with Crippen molar-refractivity contribution in [2.75, 3.05) is 31.6 Å². The zero-order valence-electron chi connectivity index (χ0n) is 13.9. The predicted molar refractivity (Wildman–Crippen MR) is 103 cm³/mol. The summed E-state index contributed by atoms with van der Waals surface area (Å²) in [5, 5.41) is 6.09. The van der Waals surface area contributed by atoms with Gasteiger partial charge < -0.3 is 15.0 Å². The fraction of sp³-hybridized carbons (Fsp3) is 0.333. The Morgan fingerprint density at radius 1 is 1.40 bits per heavy atom. The van der Waals surface area contributed by atoms with Gasteiger partial charge in [0.1, 0.15) is 5.75 Å². The third kappa shape index (κ3) is 3.48. The molecule has 1 N–H and O–H groups in total. The van der Waals surface area contributed by atoms with E-state index < -0.39 is 0 Å². The highest BCUT2D eigenvalue weighted by Gasteiger charge is 2.34. The van der Waals surface area contributed by atoms with Crippen LogP contribution in [0, 0.1) is 5.92 Å². The molecule has 0 bridgehead atoms. The van der Waals surface area contributed by atoms with Crippen molar-refractivity contribution in [2.45, 2.75) is 6.42 Å². The zero-order chi connectivity index (χ0) is 17.2. The number of carbonyl (C=O) groups is 1. The van der Waals surface area contributed by atoms with E-state index in [0.29, 0.717) is 6.54 Å². The van der Waals surface area contributed by atoms with Crippen LogP contribution in [0.25, 0.3) is 10.2 Å². The van der Waals surface area contributed by atoms with E-state index >= 15 is 0 Å². The van der Waals surface area contributed by atoms with Gasteiger partial charge in [-0.3, -0.25) is 4.79 Å². The minimum absolute atomic E-state index is 0.0601. The lowest BCUT2D eigenvalue weighted by molar-refractivity contribution is -0.125. The maximum absolute atomic E-state index is 12.2. The van der Waals surface area contributed by atoms with Gasteiger partial charge in [0.05, 0.1) is 23.2 Å². The number of benzene rings is 1. The Labute approximate surface area is 154 Å². The Hall–Kier alpha value is -2.12. The van der Waals surface area contributed by atoms with Crippen LogP contribution in [-0.2, 0) is 11.2 Å². The molecule has 3 aromatic rings. The first-order chi connectivity index (χ1) is 12.2. The second-order valence-corrected chi connectivity index (χ2v) is 8.09. The van der Waals surface area contributed by atoms with E-state index in [-0.39, 0.29) is 11.8 Å². The molecule has 0 atom stereocenters. The second-order valence-electron chi connectivity index (χ2n) is 6.05. The number of hydrogen-bond donors (Lipinski definition) is 1. The van der Waals surface area contributed by atoms with Gasteiger partial charge in [0.2, 0.25) is 5.91 Å². The van der Waals surface area contributed by atoms with Crippen molar-refractivity contribution < 1.29 is 9.53 Å². The van der Waals surface area contributed by atoms with E-state index in [9.17, 15) is 4.79 Å². The normalized spacial score (nSPS) is 14.5. The van der Waals surface area contributed by atoms with Crippen LogP contribution in [0.5, 0.6) is 5.75 Å². The summed E-state index contributed by atoms with van der Waals surface area (Å²) < 4.78 is 6.37. The molecule has 2 aromatic heterocycles. The van der Waals surface area contributed by atoms with Gasteiger partial charge in [0, 0.05) is 24.5 Å². The van der Waals surface area contributed by atoms with Crippen molar-refractivity contribution in [2.24, 2.45) is 5.92 Å². The number of fused-ring (bicyclic) bond motifs is 1. The Kier molecular flexibility index (Phi) is 4.59. The van der Waals surface area contributed by atoms with Crippen LogP contribution in [0.3, 0.4) is 0 Å². The van der Waals surface area contributed by atoms with E-state index in [1.54, 1.807) is 29.8 Å². The number of carbonyl (C=O) groups excluding carboxylic acids is 1. The molecule has 0 saturated carbocycles. The molecular formula is C18H19N3O2S2. The number of nitrogens with one attached hydrogen (secondary N) is 1. The molecule has 130 valence electrons.